The molecule has 2 fully saturated rings. The molecule has 2 unspecified atom stereocenters. The van der Waals surface area contributed by atoms with E-state index in [2.05, 4.69) is 10.6 Å². The molecule has 4 nitrogen and oxygen atoms in total. The van der Waals surface area contributed by atoms with E-state index >= 15 is 0 Å². The lowest BCUT2D eigenvalue weighted by Crippen LogP contribution is -2.55. The van der Waals surface area contributed by atoms with Crippen LogP contribution >= 0.6 is 0 Å². The highest BCUT2D eigenvalue weighted by molar-refractivity contribution is 5.95. The van der Waals surface area contributed by atoms with Crippen LogP contribution in [-0.4, -0.2) is 22.9 Å². The Morgan fingerprint density at radius 2 is 1.43 bits per heavy atom. The number of fused-ring (bicyclic) bond motifs is 2. The van der Waals surface area contributed by atoms with Gasteiger partial charge in [0.1, 0.15) is 5.82 Å². The van der Waals surface area contributed by atoms with Crippen molar-refractivity contribution < 1.29 is 14.0 Å². The van der Waals surface area contributed by atoms with Crippen molar-refractivity contribution in [3.63, 3.8) is 0 Å². The van der Waals surface area contributed by atoms with E-state index in [0.717, 1.165) is 44.1 Å². The van der Waals surface area contributed by atoms with Crippen LogP contribution in [0.2, 0.25) is 0 Å². The van der Waals surface area contributed by atoms with E-state index in [1.54, 1.807) is 12.1 Å². The second-order valence-electron chi connectivity index (χ2n) is 8.38. The molecule has 4 rings (SSSR count). The van der Waals surface area contributed by atoms with Crippen molar-refractivity contribution in [3.05, 3.63) is 71.0 Å². The summed E-state index contributed by atoms with van der Waals surface area (Å²) < 4.78 is 13.5. The van der Waals surface area contributed by atoms with Gasteiger partial charge in [0.15, 0.2) is 0 Å². The summed E-state index contributed by atoms with van der Waals surface area (Å²) in [5.74, 6) is -0.722. The smallest absolute Gasteiger partial charge is 0.251 e. The van der Waals surface area contributed by atoms with Crippen LogP contribution in [0.3, 0.4) is 0 Å². The van der Waals surface area contributed by atoms with Crippen molar-refractivity contribution in [2.24, 2.45) is 0 Å². The molecule has 2 N–H and O–H groups in total. The van der Waals surface area contributed by atoms with Gasteiger partial charge in [-0.1, -0.05) is 23.8 Å². The number of halogens is 1. The van der Waals surface area contributed by atoms with Gasteiger partial charge in [-0.2, -0.15) is 0 Å². The highest BCUT2D eigenvalue weighted by Gasteiger charge is 2.52. The minimum absolute atomic E-state index is 0.0575. The zero-order valence-corrected chi connectivity index (χ0v) is 16.1. The molecule has 2 amide bonds. The maximum atomic E-state index is 13.5. The molecule has 28 heavy (non-hydrogen) atoms. The fourth-order valence-corrected chi connectivity index (χ4v) is 4.88. The Hall–Kier alpha value is -2.69. The molecule has 2 aliphatic rings. The van der Waals surface area contributed by atoms with Gasteiger partial charge in [0.25, 0.3) is 11.8 Å². The van der Waals surface area contributed by atoms with Crippen molar-refractivity contribution in [3.8, 4) is 0 Å². The predicted molar refractivity (Wildman–Crippen MR) is 106 cm³/mol. The maximum Gasteiger partial charge on any atom is 0.251 e. The lowest BCUT2D eigenvalue weighted by atomic mass is 9.78. The van der Waals surface area contributed by atoms with E-state index in [0.29, 0.717) is 11.1 Å². The third-order valence-corrected chi connectivity index (χ3v) is 6.19. The van der Waals surface area contributed by atoms with Crippen LogP contribution in [0.5, 0.6) is 0 Å². The molecular weight excluding hydrogens is 355 g/mol. The van der Waals surface area contributed by atoms with Crippen molar-refractivity contribution in [1.82, 2.24) is 10.6 Å². The number of rotatable bonds is 4. The highest BCUT2D eigenvalue weighted by atomic mass is 19.1. The van der Waals surface area contributed by atoms with Gasteiger partial charge in [-0.15, -0.1) is 0 Å². The molecule has 146 valence electrons. The van der Waals surface area contributed by atoms with Crippen molar-refractivity contribution in [1.29, 1.82) is 0 Å². The third kappa shape index (κ3) is 3.66. The first-order chi connectivity index (χ1) is 13.4. The van der Waals surface area contributed by atoms with Crippen molar-refractivity contribution >= 4 is 11.8 Å². The first-order valence-electron chi connectivity index (χ1n) is 9.86. The summed E-state index contributed by atoms with van der Waals surface area (Å²) in [6.07, 6.45) is 5.13. The Kier molecular flexibility index (Phi) is 4.69. The highest BCUT2D eigenvalue weighted by Crippen LogP contribution is 2.48. The molecule has 0 aliphatic heterocycles. The van der Waals surface area contributed by atoms with Gasteiger partial charge in [0.2, 0.25) is 0 Å². The van der Waals surface area contributed by atoms with Gasteiger partial charge in [0, 0.05) is 22.2 Å². The van der Waals surface area contributed by atoms with Crippen molar-refractivity contribution in [2.75, 3.05) is 0 Å². The summed E-state index contributed by atoms with van der Waals surface area (Å²) >= 11 is 0. The Morgan fingerprint density at radius 3 is 2.00 bits per heavy atom. The molecule has 2 bridgehead atoms. The maximum absolute atomic E-state index is 13.5. The molecule has 2 atom stereocenters. The van der Waals surface area contributed by atoms with E-state index in [1.807, 2.05) is 31.2 Å². The van der Waals surface area contributed by atoms with Gasteiger partial charge in [-0.25, -0.2) is 4.39 Å². The predicted octanol–water partition coefficient (Wildman–Crippen LogP) is 4.14. The first kappa shape index (κ1) is 18.7. The van der Waals surface area contributed by atoms with Crippen LogP contribution in [0.15, 0.2) is 48.5 Å². The monoisotopic (exact) mass is 380 g/mol. The largest absolute Gasteiger partial charge is 0.347 e. The van der Waals surface area contributed by atoms with E-state index < -0.39 is 5.82 Å². The molecule has 0 aromatic heterocycles. The van der Waals surface area contributed by atoms with Crippen LogP contribution < -0.4 is 10.6 Å². The summed E-state index contributed by atoms with van der Waals surface area (Å²) in [6, 6.07) is 13.3. The van der Waals surface area contributed by atoms with Gasteiger partial charge >= 0.3 is 0 Å². The number of benzene rings is 2. The van der Waals surface area contributed by atoms with E-state index in [1.165, 1.54) is 12.1 Å². The van der Waals surface area contributed by atoms with E-state index in [-0.39, 0.29) is 22.9 Å². The molecule has 0 heterocycles. The molecule has 2 aliphatic carbocycles. The number of amides is 2. The lowest BCUT2D eigenvalue weighted by molar-refractivity contribution is 0.0832. The normalized spacial score (nSPS) is 25.9. The number of nitrogens with one attached hydrogen (secondary N) is 2. The van der Waals surface area contributed by atoms with Crippen LogP contribution in [0.1, 0.15) is 64.8 Å². The molecule has 2 aromatic carbocycles. The number of hydrogen-bond donors (Lipinski definition) is 2. The molecule has 2 aromatic rings. The first-order valence-corrected chi connectivity index (χ1v) is 9.86. The summed E-state index contributed by atoms with van der Waals surface area (Å²) in [4.78, 5) is 25.5. The fourth-order valence-electron chi connectivity index (χ4n) is 4.88. The van der Waals surface area contributed by atoms with Crippen LogP contribution in [0.25, 0.3) is 0 Å². The Bertz CT molecular complexity index is 855. The lowest BCUT2D eigenvalue weighted by Gasteiger charge is -2.40. The van der Waals surface area contributed by atoms with Crippen molar-refractivity contribution in [2.45, 2.75) is 56.5 Å². The van der Waals surface area contributed by atoms with Gasteiger partial charge < -0.3 is 10.6 Å². The molecule has 0 spiro atoms. The number of hydrogen-bond acceptors (Lipinski definition) is 2. The average Bonchev–Trinajstić information content (AvgIpc) is 2.91. The second-order valence-corrected chi connectivity index (χ2v) is 8.38. The number of aryl methyl sites for hydroxylation is 1. The standard InChI is InChI=1S/C23H25FN2O2/c1-16-5-2-6-17(13-16)20(27)25-22-9-4-10-23(15-22,12-11-22)26-21(28)18-7-3-8-19(24)14-18/h2-3,5-8,13-14H,4,9-12,15H2,1H3,(H,25,27)(H,26,28). The minimum Gasteiger partial charge on any atom is -0.347 e. The zero-order chi connectivity index (χ0) is 19.8. The molecule has 5 heteroatoms. The van der Waals surface area contributed by atoms with Gasteiger partial charge in [-0.05, 0) is 75.8 Å². The number of carbonyl (C=O) groups excluding carboxylic acids is 2. The zero-order valence-electron chi connectivity index (χ0n) is 16.1. The summed E-state index contributed by atoms with van der Waals surface area (Å²) in [7, 11) is 0. The van der Waals surface area contributed by atoms with Crippen LogP contribution in [0.4, 0.5) is 4.39 Å². The molecular formula is C23H25FN2O2. The summed E-state index contributed by atoms with van der Waals surface area (Å²) in [6.45, 7) is 1.97. The quantitative estimate of drug-likeness (QED) is 0.838. The fraction of sp³-hybridized carbons (Fsp3) is 0.391. The number of carbonyl (C=O) groups is 2. The summed E-state index contributed by atoms with van der Waals surface area (Å²) in [5, 5.41) is 6.42. The average molecular weight is 380 g/mol. The minimum atomic E-state index is -0.417. The SMILES string of the molecule is Cc1cccc(C(=O)NC23CCCC(NC(=O)c4cccc(F)c4)(CC2)C3)c1. The second kappa shape index (κ2) is 7.04. The molecule has 2 saturated carbocycles. The Balaban J connectivity index is 1.48. The van der Waals surface area contributed by atoms with E-state index in [4.69, 9.17) is 0 Å². The summed E-state index contributed by atoms with van der Waals surface area (Å²) in [5.41, 5.74) is 1.44. The van der Waals surface area contributed by atoms with E-state index in [9.17, 15) is 14.0 Å². The topological polar surface area (TPSA) is 58.2 Å². The molecule has 0 radical (unpaired) electrons. The Morgan fingerprint density at radius 1 is 0.857 bits per heavy atom. The Labute approximate surface area is 164 Å². The van der Waals surface area contributed by atoms with Crippen LogP contribution in [0, 0.1) is 12.7 Å². The van der Waals surface area contributed by atoms with Gasteiger partial charge in [-0.3, -0.25) is 9.59 Å². The molecule has 0 saturated heterocycles. The third-order valence-electron chi connectivity index (χ3n) is 6.19. The van der Waals surface area contributed by atoms with Gasteiger partial charge in [0.05, 0.1) is 0 Å². The van der Waals surface area contributed by atoms with Crippen LogP contribution in [-0.2, 0) is 0 Å².